The van der Waals surface area contributed by atoms with E-state index in [-0.39, 0.29) is 17.5 Å². The van der Waals surface area contributed by atoms with Crippen LogP contribution in [0.25, 0.3) is 0 Å². The summed E-state index contributed by atoms with van der Waals surface area (Å²) in [6.07, 6.45) is 12.3. The maximum atomic E-state index is 11.6. The Morgan fingerprint density at radius 3 is 2.45 bits per heavy atom. The summed E-state index contributed by atoms with van der Waals surface area (Å²) in [5.41, 5.74) is 6.99. The van der Waals surface area contributed by atoms with Crippen molar-refractivity contribution >= 4 is 5.97 Å². The summed E-state index contributed by atoms with van der Waals surface area (Å²) in [7, 11) is 0. The molecule has 0 unspecified atom stereocenters. The van der Waals surface area contributed by atoms with E-state index in [9.17, 15) is 4.79 Å². The van der Waals surface area contributed by atoms with Crippen LogP contribution in [0.3, 0.4) is 0 Å². The molecule has 2 nitrogen and oxygen atoms in total. The van der Waals surface area contributed by atoms with Crippen molar-refractivity contribution in [2.75, 3.05) is 0 Å². The Bertz CT molecular complexity index is 847. The van der Waals surface area contributed by atoms with Gasteiger partial charge in [0.2, 0.25) is 0 Å². The van der Waals surface area contributed by atoms with Gasteiger partial charge in [-0.1, -0.05) is 64.5 Å². The fourth-order valence-corrected chi connectivity index (χ4v) is 8.71. The highest BCUT2D eigenvalue weighted by atomic mass is 16.5. The first-order valence-corrected chi connectivity index (χ1v) is 13.7. The predicted octanol–water partition coefficient (Wildman–Crippen LogP) is 8.44. The van der Waals surface area contributed by atoms with Crippen LogP contribution in [0.4, 0.5) is 0 Å². The van der Waals surface area contributed by atoms with E-state index < -0.39 is 0 Å². The smallest absolute Gasteiger partial charge is 0.303 e. The number of rotatable bonds is 6. The monoisotopic (exact) mass is 452 g/mol. The Balaban J connectivity index is 1.54. The van der Waals surface area contributed by atoms with Crippen molar-refractivity contribution in [1.29, 1.82) is 0 Å². The van der Waals surface area contributed by atoms with E-state index in [1.54, 1.807) is 0 Å². The molecule has 2 heteroatoms. The van der Waals surface area contributed by atoms with Gasteiger partial charge >= 0.3 is 5.97 Å². The molecule has 0 amide bonds. The molecular weight excluding hydrogens is 404 g/mol. The molecule has 0 saturated heterocycles. The maximum absolute atomic E-state index is 11.6. The van der Waals surface area contributed by atoms with Crippen LogP contribution in [0.2, 0.25) is 0 Å². The second kappa shape index (κ2) is 9.04. The molecule has 0 aromatic carbocycles. The number of allylic oxidation sites excluding steroid dienone is 3. The van der Waals surface area contributed by atoms with Crippen LogP contribution in [0.1, 0.15) is 106 Å². The lowest BCUT2D eigenvalue weighted by atomic mass is 9.48. The lowest BCUT2D eigenvalue weighted by Gasteiger charge is -2.57. The van der Waals surface area contributed by atoms with Crippen molar-refractivity contribution in [3.05, 3.63) is 35.5 Å². The summed E-state index contributed by atoms with van der Waals surface area (Å²) in [6.45, 7) is 22.6. The molecule has 0 spiro atoms. The highest BCUT2D eigenvalue weighted by Crippen LogP contribution is 2.66. The summed E-state index contributed by atoms with van der Waals surface area (Å²) in [4.78, 5) is 11.6. The zero-order valence-corrected chi connectivity index (χ0v) is 22.3. The third-order valence-electron chi connectivity index (χ3n) is 10.8. The highest BCUT2D eigenvalue weighted by molar-refractivity contribution is 5.66. The molecule has 33 heavy (non-hydrogen) atoms. The van der Waals surface area contributed by atoms with E-state index in [1.807, 2.05) is 11.1 Å². The zero-order valence-electron chi connectivity index (χ0n) is 22.3. The van der Waals surface area contributed by atoms with Gasteiger partial charge in [0.05, 0.1) is 0 Å². The molecule has 0 bridgehead atoms. The fourth-order valence-electron chi connectivity index (χ4n) is 8.71. The van der Waals surface area contributed by atoms with Crippen LogP contribution < -0.4 is 0 Å². The second-order valence-corrected chi connectivity index (χ2v) is 12.8. The van der Waals surface area contributed by atoms with Crippen LogP contribution in [0.5, 0.6) is 0 Å². The van der Waals surface area contributed by atoms with Gasteiger partial charge in [0.15, 0.2) is 0 Å². The van der Waals surface area contributed by atoms with Gasteiger partial charge in [-0.3, -0.25) is 4.79 Å². The molecule has 184 valence electrons. The van der Waals surface area contributed by atoms with E-state index in [0.29, 0.717) is 23.2 Å². The molecule has 3 saturated carbocycles. The molecule has 7 atom stereocenters. The van der Waals surface area contributed by atoms with Gasteiger partial charge in [0.25, 0.3) is 0 Å². The first-order valence-electron chi connectivity index (χ1n) is 13.7. The number of esters is 1. The van der Waals surface area contributed by atoms with Gasteiger partial charge in [-0.15, -0.1) is 0 Å². The minimum absolute atomic E-state index is 0.0686. The minimum Gasteiger partial charge on any atom is -0.458 e. The SMILES string of the molecule is C=C(CC[C@@H](C)[C@H]1CCC2=C3CC[C@H]4C(=C)[C@@H](OC(C)=O)CC[C@]4(C)[C@H]3CC[C@@]21C)C(C)C. The molecule has 4 rings (SSSR count). The molecule has 4 aliphatic carbocycles. The Morgan fingerprint density at radius 2 is 1.79 bits per heavy atom. The van der Waals surface area contributed by atoms with Crippen LogP contribution in [0.15, 0.2) is 35.5 Å². The minimum atomic E-state index is -0.167. The molecule has 0 aromatic rings. The third kappa shape index (κ3) is 4.19. The largest absolute Gasteiger partial charge is 0.458 e. The predicted molar refractivity (Wildman–Crippen MR) is 138 cm³/mol. The fraction of sp³-hybridized carbons (Fsp3) is 0.774. The number of fused-ring (bicyclic) bond motifs is 4. The van der Waals surface area contributed by atoms with Gasteiger partial charge in [0.1, 0.15) is 6.10 Å². The van der Waals surface area contributed by atoms with E-state index >= 15 is 0 Å². The van der Waals surface area contributed by atoms with Crippen molar-refractivity contribution in [1.82, 2.24) is 0 Å². The van der Waals surface area contributed by atoms with Crippen LogP contribution in [-0.2, 0) is 9.53 Å². The topological polar surface area (TPSA) is 26.3 Å². The summed E-state index contributed by atoms with van der Waals surface area (Å²) in [5, 5.41) is 0. The number of carbonyl (C=O) groups is 1. The van der Waals surface area contributed by atoms with Crippen molar-refractivity contribution in [2.24, 2.45) is 40.4 Å². The molecule has 0 radical (unpaired) electrons. The van der Waals surface area contributed by atoms with Crippen LogP contribution >= 0.6 is 0 Å². The first kappa shape index (κ1) is 24.8. The normalized spacial score (nSPS) is 39.1. The zero-order chi connectivity index (χ0) is 24.1. The average Bonchev–Trinajstić information content (AvgIpc) is 3.11. The quantitative estimate of drug-likeness (QED) is 0.298. The van der Waals surface area contributed by atoms with Crippen molar-refractivity contribution < 1.29 is 9.53 Å². The second-order valence-electron chi connectivity index (χ2n) is 12.8. The van der Waals surface area contributed by atoms with Crippen LogP contribution in [-0.4, -0.2) is 12.1 Å². The highest BCUT2D eigenvalue weighted by Gasteiger charge is 2.56. The average molecular weight is 453 g/mol. The van der Waals surface area contributed by atoms with Gasteiger partial charge in [-0.25, -0.2) is 0 Å². The maximum Gasteiger partial charge on any atom is 0.303 e. The Kier molecular flexibility index (Phi) is 6.80. The van der Waals surface area contributed by atoms with E-state index in [0.717, 1.165) is 24.7 Å². The number of hydrogen-bond acceptors (Lipinski definition) is 2. The standard InChI is InChI=1S/C31H48O2/c1-19(2)20(3)9-10-21(4)25-13-14-27-24-11-12-26-22(5)29(33-23(6)32)16-18-31(26,8)28(24)15-17-30(25,27)7/h19,21,25-26,28-29H,3,5,9-18H2,1-2,4,6-8H3/t21-,25-,26+,28+,29+,30-,31+/m1/s1. The molecule has 4 aliphatic rings. The summed E-state index contributed by atoms with van der Waals surface area (Å²) in [6, 6.07) is 0. The van der Waals surface area contributed by atoms with Gasteiger partial charge in [-0.05, 0) is 110 Å². The first-order chi connectivity index (χ1) is 15.5. The number of hydrogen-bond donors (Lipinski definition) is 0. The lowest BCUT2D eigenvalue weighted by Crippen LogP contribution is -2.49. The molecule has 3 fully saturated rings. The summed E-state index contributed by atoms with van der Waals surface area (Å²) < 4.78 is 5.66. The van der Waals surface area contributed by atoms with Gasteiger partial charge in [-0.2, -0.15) is 0 Å². The van der Waals surface area contributed by atoms with E-state index in [1.165, 1.54) is 69.4 Å². The Morgan fingerprint density at radius 1 is 1.06 bits per heavy atom. The van der Waals surface area contributed by atoms with E-state index in [4.69, 9.17) is 4.74 Å². The van der Waals surface area contributed by atoms with Gasteiger partial charge < -0.3 is 4.74 Å². The van der Waals surface area contributed by atoms with Crippen LogP contribution in [0, 0.1) is 40.4 Å². The molecule has 0 aliphatic heterocycles. The van der Waals surface area contributed by atoms with Crippen molar-refractivity contribution in [3.8, 4) is 0 Å². The molecular formula is C31H48O2. The summed E-state index contributed by atoms with van der Waals surface area (Å²) >= 11 is 0. The van der Waals surface area contributed by atoms with Gasteiger partial charge in [0, 0.05) is 6.92 Å². The lowest BCUT2D eigenvalue weighted by molar-refractivity contribution is -0.147. The van der Waals surface area contributed by atoms with Crippen molar-refractivity contribution in [3.63, 3.8) is 0 Å². The van der Waals surface area contributed by atoms with Crippen molar-refractivity contribution in [2.45, 2.75) is 112 Å². The Labute approximate surface area is 203 Å². The molecule has 0 heterocycles. The molecule has 0 N–H and O–H groups in total. The summed E-state index contributed by atoms with van der Waals surface area (Å²) in [5.74, 6) is 3.22. The van der Waals surface area contributed by atoms with E-state index in [2.05, 4.69) is 47.8 Å². The number of ether oxygens (including phenoxy) is 1. The third-order valence-corrected chi connectivity index (χ3v) is 10.8. The number of carbonyl (C=O) groups excluding carboxylic acids is 1. The molecule has 0 aromatic heterocycles. The Hall–Kier alpha value is -1.31.